The van der Waals surface area contributed by atoms with Crippen LogP contribution in [0.2, 0.25) is 0 Å². The molecule has 0 spiro atoms. The normalized spacial score (nSPS) is 10.7. The first-order valence-corrected chi connectivity index (χ1v) is 7.31. The molecule has 0 aliphatic carbocycles. The van der Waals surface area contributed by atoms with Crippen molar-refractivity contribution in [2.24, 2.45) is 5.10 Å². The van der Waals surface area contributed by atoms with E-state index >= 15 is 0 Å². The summed E-state index contributed by atoms with van der Waals surface area (Å²) in [5, 5.41) is 22.5. The summed E-state index contributed by atoms with van der Waals surface area (Å²) in [6, 6.07) is 11.3. The summed E-state index contributed by atoms with van der Waals surface area (Å²) in [4.78, 5) is 12.9. The highest BCUT2D eigenvalue weighted by molar-refractivity contribution is 7.98. The summed E-state index contributed by atoms with van der Waals surface area (Å²) >= 11 is 1.64. The van der Waals surface area contributed by atoms with E-state index in [1.165, 1.54) is 18.3 Å². The molecule has 2 rings (SSSR count). The summed E-state index contributed by atoms with van der Waals surface area (Å²) in [7, 11) is 0. The second kappa shape index (κ2) is 6.81. The van der Waals surface area contributed by atoms with E-state index in [-0.39, 0.29) is 17.1 Å². The molecule has 108 valence electrons. The molecule has 2 aromatic carbocycles. The lowest BCUT2D eigenvalue weighted by Gasteiger charge is -2.02. The van der Waals surface area contributed by atoms with Gasteiger partial charge in [-0.3, -0.25) is 4.79 Å². The van der Waals surface area contributed by atoms with Crippen LogP contribution in [-0.4, -0.2) is 28.6 Å². The third-order valence-corrected chi connectivity index (χ3v) is 3.40. The van der Waals surface area contributed by atoms with E-state index < -0.39 is 5.91 Å². The van der Waals surface area contributed by atoms with Crippen LogP contribution in [0.15, 0.2) is 52.5 Å². The molecule has 6 heteroatoms. The van der Waals surface area contributed by atoms with E-state index in [4.69, 9.17) is 0 Å². The molecule has 21 heavy (non-hydrogen) atoms. The minimum absolute atomic E-state index is 0.127. The zero-order chi connectivity index (χ0) is 15.2. The van der Waals surface area contributed by atoms with Crippen LogP contribution in [0.5, 0.6) is 11.5 Å². The minimum Gasteiger partial charge on any atom is -0.508 e. The summed E-state index contributed by atoms with van der Waals surface area (Å²) in [6.07, 6.45) is 3.51. The van der Waals surface area contributed by atoms with E-state index in [1.54, 1.807) is 11.8 Å². The Hall–Kier alpha value is -2.47. The number of hydrogen-bond donors (Lipinski definition) is 3. The SMILES string of the molecule is CSc1ccc(C=NNC(=O)c2cc(O)cc(O)c2)cc1. The number of phenolic OH excluding ortho intramolecular Hbond substituents is 2. The number of phenols is 2. The molecule has 0 heterocycles. The van der Waals surface area contributed by atoms with E-state index in [9.17, 15) is 15.0 Å². The van der Waals surface area contributed by atoms with Gasteiger partial charge in [0.15, 0.2) is 0 Å². The molecule has 0 fully saturated rings. The lowest BCUT2D eigenvalue weighted by Crippen LogP contribution is -2.17. The average molecular weight is 302 g/mol. The van der Waals surface area contributed by atoms with Crippen LogP contribution in [0.3, 0.4) is 0 Å². The molecule has 3 N–H and O–H groups in total. The molecule has 0 radical (unpaired) electrons. The van der Waals surface area contributed by atoms with Gasteiger partial charge in [0.05, 0.1) is 6.21 Å². The molecule has 0 aliphatic heterocycles. The molecule has 1 amide bonds. The number of carbonyl (C=O) groups excluding carboxylic acids is 1. The predicted octanol–water partition coefficient (Wildman–Crippen LogP) is 2.58. The smallest absolute Gasteiger partial charge is 0.271 e. The Kier molecular flexibility index (Phi) is 4.84. The third-order valence-electron chi connectivity index (χ3n) is 2.66. The van der Waals surface area contributed by atoms with Crippen molar-refractivity contribution in [3.8, 4) is 11.5 Å². The van der Waals surface area contributed by atoms with Crippen molar-refractivity contribution < 1.29 is 15.0 Å². The first-order valence-electron chi connectivity index (χ1n) is 6.09. The van der Waals surface area contributed by atoms with Crippen molar-refractivity contribution in [3.05, 3.63) is 53.6 Å². The van der Waals surface area contributed by atoms with Gasteiger partial charge in [0, 0.05) is 16.5 Å². The zero-order valence-corrected chi connectivity index (χ0v) is 12.1. The lowest BCUT2D eigenvalue weighted by atomic mass is 10.2. The molecule has 0 bridgehead atoms. The van der Waals surface area contributed by atoms with Gasteiger partial charge in [-0.05, 0) is 36.1 Å². The van der Waals surface area contributed by atoms with Gasteiger partial charge in [-0.2, -0.15) is 5.10 Å². The Morgan fingerprint density at radius 3 is 2.33 bits per heavy atom. The van der Waals surface area contributed by atoms with Crippen LogP contribution >= 0.6 is 11.8 Å². The molecule has 0 aliphatic rings. The fourth-order valence-electron chi connectivity index (χ4n) is 1.65. The van der Waals surface area contributed by atoms with Crippen LogP contribution in [-0.2, 0) is 0 Å². The van der Waals surface area contributed by atoms with Gasteiger partial charge in [0.25, 0.3) is 5.91 Å². The van der Waals surface area contributed by atoms with E-state index in [1.807, 2.05) is 30.5 Å². The average Bonchev–Trinajstić information content (AvgIpc) is 2.47. The highest BCUT2D eigenvalue weighted by Crippen LogP contribution is 2.20. The Balaban J connectivity index is 2.01. The van der Waals surface area contributed by atoms with Crippen molar-refractivity contribution in [2.45, 2.75) is 4.90 Å². The molecule has 0 saturated heterocycles. The van der Waals surface area contributed by atoms with Crippen LogP contribution < -0.4 is 5.43 Å². The first-order chi connectivity index (χ1) is 10.1. The van der Waals surface area contributed by atoms with Gasteiger partial charge in [-0.25, -0.2) is 5.43 Å². The third kappa shape index (κ3) is 4.25. The highest BCUT2D eigenvalue weighted by Gasteiger charge is 2.07. The van der Waals surface area contributed by atoms with Crippen molar-refractivity contribution in [3.63, 3.8) is 0 Å². The number of hydrazone groups is 1. The predicted molar refractivity (Wildman–Crippen MR) is 83.1 cm³/mol. The molecule has 5 nitrogen and oxygen atoms in total. The molecule has 0 atom stereocenters. The fraction of sp³-hybridized carbons (Fsp3) is 0.0667. The Morgan fingerprint density at radius 2 is 1.76 bits per heavy atom. The van der Waals surface area contributed by atoms with E-state index in [0.717, 1.165) is 16.5 Å². The van der Waals surface area contributed by atoms with Gasteiger partial charge in [0.1, 0.15) is 11.5 Å². The second-order valence-electron chi connectivity index (χ2n) is 4.21. The largest absolute Gasteiger partial charge is 0.508 e. The molecule has 0 unspecified atom stereocenters. The molecule has 0 aromatic heterocycles. The number of hydrogen-bond acceptors (Lipinski definition) is 5. The standard InChI is InChI=1S/C15H14N2O3S/c1-21-14-4-2-10(3-5-14)9-16-17-15(20)11-6-12(18)8-13(19)7-11/h2-9,18-19H,1H3,(H,17,20). The molecular weight excluding hydrogens is 288 g/mol. The first kappa shape index (κ1) is 14.9. The minimum atomic E-state index is -0.516. The van der Waals surface area contributed by atoms with Crippen LogP contribution in [0, 0.1) is 0 Å². The summed E-state index contributed by atoms with van der Waals surface area (Å²) in [5.41, 5.74) is 3.31. The number of carbonyl (C=O) groups is 1. The number of aromatic hydroxyl groups is 2. The highest BCUT2D eigenvalue weighted by atomic mass is 32.2. The molecular formula is C15H14N2O3S. The Bertz CT molecular complexity index is 649. The number of nitrogens with one attached hydrogen (secondary N) is 1. The summed E-state index contributed by atoms with van der Waals surface area (Å²) in [6.45, 7) is 0. The number of rotatable bonds is 4. The lowest BCUT2D eigenvalue weighted by molar-refractivity contribution is 0.0954. The van der Waals surface area contributed by atoms with Gasteiger partial charge in [0.2, 0.25) is 0 Å². The van der Waals surface area contributed by atoms with Gasteiger partial charge in [-0.15, -0.1) is 11.8 Å². The quantitative estimate of drug-likeness (QED) is 0.460. The summed E-state index contributed by atoms with van der Waals surface area (Å²) < 4.78 is 0. The number of thioether (sulfide) groups is 1. The van der Waals surface area contributed by atoms with Crippen molar-refractivity contribution >= 4 is 23.9 Å². The Morgan fingerprint density at radius 1 is 1.14 bits per heavy atom. The number of amides is 1. The van der Waals surface area contributed by atoms with E-state index in [2.05, 4.69) is 10.5 Å². The monoisotopic (exact) mass is 302 g/mol. The van der Waals surface area contributed by atoms with E-state index in [0.29, 0.717) is 0 Å². The topological polar surface area (TPSA) is 81.9 Å². The maximum atomic E-state index is 11.8. The Labute approximate surface area is 126 Å². The van der Waals surface area contributed by atoms with Gasteiger partial charge < -0.3 is 10.2 Å². The molecule has 2 aromatic rings. The van der Waals surface area contributed by atoms with Crippen LogP contribution in [0.1, 0.15) is 15.9 Å². The van der Waals surface area contributed by atoms with Crippen LogP contribution in [0.25, 0.3) is 0 Å². The fourth-order valence-corrected chi connectivity index (χ4v) is 2.05. The summed E-state index contributed by atoms with van der Waals surface area (Å²) in [5.74, 6) is -0.883. The van der Waals surface area contributed by atoms with Crippen molar-refractivity contribution in [2.75, 3.05) is 6.26 Å². The van der Waals surface area contributed by atoms with Gasteiger partial charge in [-0.1, -0.05) is 12.1 Å². The number of nitrogens with zero attached hydrogens (tertiary/aromatic N) is 1. The maximum absolute atomic E-state index is 11.8. The number of benzene rings is 2. The van der Waals surface area contributed by atoms with Gasteiger partial charge >= 0.3 is 0 Å². The maximum Gasteiger partial charge on any atom is 0.271 e. The van der Waals surface area contributed by atoms with Crippen LogP contribution in [0.4, 0.5) is 0 Å². The van der Waals surface area contributed by atoms with Crippen molar-refractivity contribution in [1.29, 1.82) is 0 Å². The van der Waals surface area contributed by atoms with Crippen molar-refractivity contribution in [1.82, 2.24) is 5.43 Å². The second-order valence-corrected chi connectivity index (χ2v) is 5.09. The zero-order valence-electron chi connectivity index (χ0n) is 11.3. The molecule has 0 saturated carbocycles.